The zero-order chi connectivity index (χ0) is 22.2. The Morgan fingerprint density at radius 3 is 2.87 bits per heavy atom. The maximum atomic E-state index is 12.7. The normalized spacial score (nSPS) is 13.5. The monoisotopic (exact) mass is 427 g/mol. The second kappa shape index (κ2) is 11.0. The van der Waals surface area contributed by atoms with Gasteiger partial charge in [-0.15, -0.1) is 6.58 Å². The van der Waals surface area contributed by atoms with Crippen LogP contribution in [0, 0.1) is 0 Å². The molecule has 1 N–H and O–H groups in total. The molecule has 1 aromatic heterocycles. The highest BCUT2D eigenvalue weighted by atomic mass is 16.5. The van der Waals surface area contributed by atoms with E-state index in [1.165, 1.54) is 11.3 Å². The van der Waals surface area contributed by atoms with Crippen LogP contribution in [0.25, 0.3) is 5.69 Å². The van der Waals surface area contributed by atoms with Gasteiger partial charge in [-0.2, -0.15) is 5.10 Å². The van der Waals surface area contributed by atoms with E-state index in [1.54, 1.807) is 25.2 Å². The van der Waals surface area contributed by atoms with Crippen LogP contribution >= 0.6 is 0 Å². The molecule has 2 aromatic rings. The van der Waals surface area contributed by atoms with E-state index in [9.17, 15) is 4.79 Å². The van der Waals surface area contributed by atoms with Crippen molar-refractivity contribution in [2.45, 2.75) is 26.4 Å². The van der Waals surface area contributed by atoms with Gasteiger partial charge in [0.2, 0.25) is 0 Å². The van der Waals surface area contributed by atoms with Gasteiger partial charge in [0.1, 0.15) is 11.4 Å². The molecule has 0 atom stereocenters. The Balaban J connectivity index is 1.99. The minimum absolute atomic E-state index is 0.152. The van der Waals surface area contributed by atoms with Crippen molar-refractivity contribution in [2.75, 3.05) is 47.0 Å². The Kier molecular flexibility index (Phi) is 8.08. The first-order chi connectivity index (χ1) is 15.1. The number of urea groups is 1. The molecule has 0 fully saturated rings. The van der Waals surface area contributed by atoms with Crippen molar-refractivity contribution in [3.8, 4) is 11.4 Å². The summed E-state index contributed by atoms with van der Waals surface area (Å²) >= 11 is 0. The lowest BCUT2D eigenvalue weighted by atomic mass is 10.0. The van der Waals surface area contributed by atoms with Crippen molar-refractivity contribution in [3.63, 3.8) is 0 Å². The smallest absolute Gasteiger partial charge is 0.318 e. The molecule has 0 saturated heterocycles. The number of ether oxygens (including phenoxy) is 2. The van der Waals surface area contributed by atoms with E-state index in [1.807, 2.05) is 28.9 Å². The third kappa shape index (κ3) is 5.26. The third-order valence-corrected chi connectivity index (χ3v) is 5.57. The Morgan fingerprint density at radius 1 is 1.35 bits per heavy atom. The molecule has 0 unspecified atom stereocenters. The molecule has 2 amide bonds. The van der Waals surface area contributed by atoms with Gasteiger partial charge in [0, 0.05) is 45.3 Å². The fourth-order valence-corrected chi connectivity index (χ4v) is 3.85. The van der Waals surface area contributed by atoms with Crippen LogP contribution in [0.2, 0.25) is 0 Å². The number of carbonyl (C=O) groups excluding carboxylic acids is 1. The number of rotatable bonds is 10. The summed E-state index contributed by atoms with van der Waals surface area (Å²) in [5, 5.41) is 7.84. The number of nitrogens with zero attached hydrogens (tertiary/aromatic N) is 4. The molecule has 8 heteroatoms. The maximum absolute atomic E-state index is 12.7. The summed E-state index contributed by atoms with van der Waals surface area (Å²) < 4.78 is 12.8. The molecule has 3 rings (SSSR count). The van der Waals surface area contributed by atoms with E-state index in [4.69, 9.17) is 14.6 Å². The van der Waals surface area contributed by atoms with Gasteiger partial charge in [0.15, 0.2) is 0 Å². The molecule has 1 aliphatic heterocycles. The molecule has 0 spiro atoms. The number of likely N-dealkylation sites (N-methyl/N-ethyl adjacent to an activating group) is 1. The molecule has 0 bridgehead atoms. The highest BCUT2D eigenvalue weighted by Crippen LogP contribution is 2.30. The lowest BCUT2D eigenvalue weighted by Gasteiger charge is -2.27. The van der Waals surface area contributed by atoms with E-state index in [2.05, 4.69) is 23.7 Å². The van der Waals surface area contributed by atoms with Crippen molar-refractivity contribution in [3.05, 3.63) is 53.9 Å². The van der Waals surface area contributed by atoms with Crippen LogP contribution in [0.5, 0.6) is 5.75 Å². The molecule has 168 valence electrons. The second-order valence-electron chi connectivity index (χ2n) is 7.46. The van der Waals surface area contributed by atoms with Crippen molar-refractivity contribution in [1.29, 1.82) is 0 Å². The first kappa shape index (κ1) is 22.8. The van der Waals surface area contributed by atoms with Crippen LogP contribution in [0.4, 0.5) is 4.79 Å². The van der Waals surface area contributed by atoms with Gasteiger partial charge in [0.05, 0.1) is 31.6 Å². The SMILES string of the molecule is C=CCNC(=O)N(CCOC)Cc1nn(-c2ccccc2OC)c2c1CN(CC)CC2. The lowest BCUT2D eigenvalue weighted by Crippen LogP contribution is -2.41. The molecule has 0 radical (unpaired) electrons. The summed E-state index contributed by atoms with van der Waals surface area (Å²) in [6.07, 6.45) is 2.57. The molecule has 1 aromatic carbocycles. The molecule has 0 aliphatic carbocycles. The number of carbonyl (C=O) groups is 1. The molecule has 8 nitrogen and oxygen atoms in total. The summed E-state index contributed by atoms with van der Waals surface area (Å²) in [6.45, 7) is 10.4. The van der Waals surface area contributed by atoms with Crippen LogP contribution in [-0.4, -0.2) is 72.6 Å². The lowest BCUT2D eigenvalue weighted by molar-refractivity contribution is 0.146. The molecular weight excluding hydrogens is 394 g/mol. The zero-order valence-corrected chi connectivity index (χ0v) is 18.8. The zero-order valence-electron chi connectivity index (χ0n) is 18.8. The van der Waals surface area contributed by atoms with Gasteiger partial charge in [-0.25, -0.2) is 9.48 Å². The first-order valence-corrected chi connectivity index (χ1v) is 10.7. The van der Waals surface area contributed by atoms with Gasteiger partial charge in [-0.1, -0.05) is 25.1 Å². The minimum atomic E-state index is -0.152. The van der Waals surface area contributed by atoms with Crippen molar-refractivity contribution >= 4 is 6.03 Å². The predicted molar refractivity (Wildman–Crippen MR) is 121 cm³/mol. The molecular formula is C23H33N5O3. The first-order valence-electron chi connectivity index (χ1n) is 10.7. The van der Waals surface area contributed by atoms with Crippen molar-refractivity contribution in [2.24, 2.45) is 0 Å². The van der Waals surface area contributed by atoms with Crippen LogP contribution in [-0.2, 0) is 24.2 Å². The van der Waals surface area contributed by atoms with E-state index in [0.29, 0.717) is 26.2 Å². The van der Waals surface area contributed by atoms with Crippen molar-refractivity contribution in [1.82, 2.24) is 24.9 Å². The molecule has 2 heterocycles. The number of nitrogens with one attached hydrogen (secondary N) is 1. The number of hydrogen-bond acceptors (Lipinski definition) is 5. The average molecular weight is 428 g/mol. The van der Waals surface area contributed by atoms with E-state index in [-0.39, 0.29) is 6.03 Å². The van der Waals surface area contributed by atoms with Crippen LogP contribution in [0.1, 0.15) is 23.9 Å². The predicted octanol–water partition coefficient (Wildman–Crippen LogP) is 2.60. The summed E-state index contributed by atoms with van der Waals surface area (Å²) in [5.41, 5.74) is 4.20. The topological polar surface area (TPSA) is 71.9 Å². The van der Waals surface area contributed by atoms with Crippen molar-refractivity contribution < 1.29 is 14.3 Å². The summed E-state index contributed by atoms with van der Waals surface area (Å²) in [7, 11) is 3.31. The average Bonchev–Trinajstić information content (AvgIpc) is 3.17. The van der Waals surface area contributed by atoms with Gasteiger partial charge in [0.25, 0.3) is 0 Å². The Morgan fingerprint density at radius 2 is 2.16 bits per heavy atom. The third-order valence-electron chi connectivity index (χ3n) is 5.57. The summed E-state index contributed by atoms with van der Waals surface area (Å²) in [4.78, 5) is 16.9. The van der Waals surface area contributed by atoms with Gasteiger partial charge >= 0.3 is 6.03 Å². The van der Waals surface area contributed by atoms with Gasteiger partial charge < -0.3 is 19.7 Å². The fraction of sp³-hybridized carbons (Fsp3) is 0.478. The largest absolute Gasteiger partial charge is 0.494 e. The molecule has 31 heavy (non-hydrogen) atoms. The van der Waals surface area contributed by atoms with Crippen LogP contribution in [0.15, 0.2) is 36.9 Å². The highest BCUT2D eigenvalue weighted by molar-refractivity contribution is 5.74. The van der Waals surface area contributed by atoms with Crippen LogP contribution < -0.4 is 10.1 Å². The quantitative estimate of drug-likeness (QED) is 0.590. The highest BCUT2D eigenvalue weighted by Gasteiger charge is 2.27. The Labute approximate surface area is 184 Å². The molecule has 0 saturated carbocycles. The number of methoxy groups -OCH3 is 2. The van der Waals surface area contributed by atoms with E-state index >= 15 is 0 Å². The number of fused-ring (bicyclic) bond motifs is 1. The number of amides is 2. The minimum Gasteiger partial charge on any atom is -0.494 e. The fourth-order valence-electron chi connectivity index (χ4n) is 3.85. The molecule has 1 aliphatic rings. The van der Waals surface area contributed by atoms with E-state index < -0.39 is 0 Å². The summed E-state index contributed by atoms with van der Waals surface area (Å²) in [5.74, 6) is 0.775. The Hall–Kier alpha value is -2.84. The second-order valence-corrected chi connectivity index (χ2v) is 7.46. The standard InChI is InChI=1S/C23H33N5O3/c1-5-12-24-23(29)27(14-15-30-3)17-19-18-16-26(6-2)13-11-20(18)28(25-19)21-9-7-8-10-22(21)31-4/h5,7-10H,1,6,11-17H2,2-4H3,(H,24,29). The number of benzene rings is 1. The number of aromatic nitrogens is 2. The number of para-hydroxylation sites is 2. The van der Waals surface area contributed by atoms with E-state index in [0.717, 1.165) is 43.2 Å². The maximum Gasteiger partial charge on any atom is 0.318 e. The Bertz CT molecular complexity index is 895. The number of hydrogen-bond donors (Lipinski definition) is 1. The summed E-state index contributed by atoms with van der Waals surface area (Å²) in [6, 6.07) is 7.74. The van der Waals surface area contributed by atoms with Gasteiger partial charge in [-0.05, 0) is 18.7 Å². The van der Waals surface area contributed by atoms with Gasteiger partial charge in [-0.3, -0.25) is 4.90 Å². The van der Waals surface area contributed by atoms with Crippen LogP contribution in [0.3, 0.4) is 0 Å².